The van der Waals surface area contributed by atoms with E-state index in [1.54, 1.807) is 31.2 Å². The van der Waals surface area contributed by atoms with E-state index in [-0.39, 0.29) is 42.4 Å². The minimum Gasteiger partial charge on any atom is -0.496 e. The van der Waals surface area contributed by atoms with Crippen LogP contribution in [0.15, 0.2) is 36.4 Å². The van der Waals surface area contributed by atoms with Gasteiger partial charge in [-0.25, -0.2) is 4.79 Å². The van der Waals surface area contributed by atoms with Gasteiger partial charge in [0.1, 0.15) is 18.1 Å². The fourth-order valence-electron chi connectivity index (χ4n) is 4.19. The van der Waals surface area contributed by atoms with Gasteiger partial charge in [0.2, 0.25) is 0 Å². The number of nitrogens with one attached hydrogen (secondary N) is 1. The molecular formula is C29H38F3N3O6. The molecule has 12 heteroatoms. The summed E-state index contributed by atoms with van der Waals surface area (Å²) in [6, 6.07) is 9.72. The van der Waals surface area contributed by atoms with Crippen LogP contribution >= 0.6 is 0 Å². The Morgan fingerprint density at radius 3 is 2.27 bits per heavy atom. The normalized spacial score (nSPS) is 11.2. The van der Waals surface area contributed by atoms with Gasteiger partial charge in [-0.1, -0.05) is 19.1 Å². The smallest absolute Gasteiger partial charge is 0.471 e. The van der Waals surface area contributed by atoms with E-state index in [0.717, 1.165) is 0 Å². The van der Waals surface area contributed by atoms with Gasteiger partial charge >= 0.3 is 18.2 Å². The van der Waals surface area contributed by atoms with Crippen LogP contribution in [0.5, 0.6) is 11.5 Å². The van der Waals surface area contributed by atoms with Crippen LogP contribution in [0.25, 0.3) is 0 Å². The van der Waals surface area contributed by atoms with Crippen LogP contribution < -0.4 is 19.7 Å². The Bertz CT molecular complexity index is 1190. The summed E-state index contributed by atoms with van der Waals surface area (Å²) in [5.74, 6) is -1.66. The summed E-state index contributed by atoms with van der Waals surface area (Å²) in [6.45, 7) is 8.58. The number of rotatable bonds is 15. The van der Waals surface area contributed by atoms with Crippen LogP contribution in [0, 0.1) is 6.92 Å². The molecule has 2 amide bonds. The van der Waals surface area contributed by atoms with Gasteiger partial charge in [0.05, 0.1) is 30.7 Å². The van der Waals surface area contributed by atoms with Gasteiger partial charge in [0, 0.05) is 19.2 Å². The number of ketones is 1. The van der Waals surface area contributed by atoms with Crippen molar-refractivity contribution in [2.45, 2.75) is 46.7 Å². The molecule has 9 nitrogen and oxygen atoms in total. The van der Waals surface area contributed by atoms with Crippen molar-refractivity contribution in [2.24, 2.45) is 0 Å². The Kier molecular flexibility index (Phi) is 12.9. The lowest BCUT2D eigenvalue weighted by atomic mass is 10.0. The number of unbranched alkanes of at least 4 members (excludes halogenated alkanes) is 1. The van der Waals surface area contributed by atoms with Gasteiger partial charge in [-0.05, 0) is 70.5 Å². The maximum Gasteiger partial charge on any atom is 0.471 e. The lowest BCUT2D eigenvalue weighted by Gasteiger charge is -2.27. The minimum absolute atomic E-state index is 0.0341. The van der Waals surface area contributed by atoms with Crippen molar-refractivity contribution in [3.8, 4) is 11.5 Å². The molecule has 2 rings (SSSR count). The van der Waals surface area contributed by atoms with Crippen molar-refractivity contribution in [2.75, 3.05) is 56.7 Å². The zero-order valence-electron chi connectivity index (χ0n) is 24.1. The summed E-state index contributed by atoms with van der Waals surface area (Å²) in [6.07, 6.45) is -4.93. The molecule has 2 aromatic rings. The van der Waals surface area contributed by atoms with Gasteiger partial charge in [-0.2, -0.15) is 13.2 Å². The van der Waals surface area contributed by atoms with E-state index in [9.17, 15) is 27.6 Å². The number of hydrogen-bond acceptors (Lipinski definition) is 7. The summed E-state index contributed by atoms with van der Waals surface area (Å²) in [4.78, 5) is 39.1. The molecule has 41 heavy (non-hydrogen) atoms. The number of hydrogen-bond donors (Lipinski definition) is 1. The third kappa shape index (κ3) is 9.96. The van der Waals surface area contributed by atoms with Crippen LogP contribution in [0.1, 0.15) is 49.5 Å². The van der Waals surface area contributed by atoms with Crippen molar-refractivity contribution >= 4 is 29.2 Å². The molecule has 0 spiro atoms. The molecule has 0 radical (unpaired) electrons. The average Bonchev–Trinajstić information content (AvgIpc) is 2.92. The van der Waals surface area contributed by atoms with E-state index in [1.807, 2.05) is 18.7 Å². The third-order valence-electron chi connectivity index (χ3n) is 6.29. The van der Waals surface area contributed by atoms with Crippen LogP contribution in [-0.2, 0) is 9.53 Å². The second-order valence-electron chi connectivity index (χ2n) is 9.18. The first-order valence-electron chi connectivity index (χ1n) is 13.4. The summed E-state index contributed by atoms with van der Waals surface area (Å²) in [7, 11) is 1.31. The summed E-state index contributed by atoms with van der Waals surface area (Å²) >= 11 is 0. The van der Waals surface area contributed by atoms with Crippen molar-refractivity contribution in [3.05, 3.63) is 47.5 Å². The number of anilines is 2. The predicted octanol–water partition coefficient (Wildman–Crippen LogP) is 5.85. The van der Waals surface area contributed by atoms with E-state index in [2.05, 4.69) is 5.32 Å². The summed E-state index contributed by atoms with van der Waals surface area (Å²) in [5.41, 5.74) is 1.10. The second kappa shape index (κ2) is 15.8. The van der Waals surface area contributed by atoms with E-state index in [1.165, 1.54) is 26.2 Å². The Hall–Kier alpha value is -3.80. The molecule has 226 valence electrons. The van der Waals surface area contributed by atoms with Crippen LogP contribution in [0.3, 0.4) is 0 Å². The van der Waals surface area contributed by atoms with Crippen LogP contribution in [0.2, 0.25) is 0 Å². The molecule has 0 aliphatic heterocycles. The fourth-order valence-corrected chi connectivity index (χ4v) is 4.19. The number of para-hydroxylation sites is 2. The Morgan fingerprint density at radius 2 is 1.66 bits per heavy atom. The monoisotopic (exact) mass is 581 g/mol. The van der Waals surface area contributed by atoms with Crippen molar-refractivity contribution in [1.29, 1.82) is 0 Å². The zero-order valence-corrected chi connectivity index (χ0v) is 24.1. The molecule has 1 N–H and O–H groups in total. The Morgan fingerprint density at radius 1 is 0.976 bits per heavy atom. The first-order chi connectivity index (χ1) is 19.4. The number of carbonyl (C=O) groups excluding carboxylic acids is 3. The number of halogens is 3. The first kappa shape index (κ1) is 33.4. The number of methoxy groups -OCH3 is 1. The molecule has 0 saturated heterocycles. The molecule has 0 aliphatic rings. The van der Waals surface area contributed by atoms with E-state index in [0.29, 0.717) is 54.6 Å². The average molecular weight is 582 g/mol. The van der Waals surface area contributed by atoms with E-state index >= 15 is 0 Å². The van der Waals surface area contributed by atoms with Crippen molar-refractivity contribution in [1.82, 2.24) is 4.90 Å². The third-order valence-corrected chi connectivity index (χ3v) is 6.29. The number of benzene rings is 2. The highest BCUT2D eigenvalue weighted by atomic mass is 19.4. The molecule has 0 unspecified atom stereocenters. The van der Waals surface area contributed by atoms with Crippen LogP contribution in [0.4, 0.5) is 29.3 Å². The molecule has 0 bridgehead atoms. The largest absolute Gasteiger partial charge is 0.496 e. The predicted molar refractivity (Wildman–Crippen MR) is 150 cm³/mol. The molecule has 2 aromatic carbocycles. The van der Waals surface area contributed by atoms with Gasteiger partial charge in [0.25, 0.3) is 0 Å². The highest BCUT2D eigenvalue weighted by Gasteiger charge is 2.43. The summed E-state index contributed by atoms with van der Waals surface area (Å²) < 4.78 is 56.4. The molecular weight excluding hydrogens is 543 g/mol. The number of likely N-dealkylation sites (N-methyl/N-ethyl adjacent to an activating group) is 1. The maximum absolute atomic E-state index is 13.5. The minimum atomic E-state index is -5.07. The number of amides is 2. The van der Waals surface area contributed by atoms with Gasteiger partial charge in [-0.15, -0.1) is 0 Å². The van der Waals surface area contributed by atoms with E-state index < -0.39 is 18.2 Å². The topological polar surface area (TPSA) is 97.4 Å². The number of carbonyl (C=O) groups is 3. The zero-order chi connectivity index (χ0) is 30.6. The molecule has 0 fully saturated rings. The fraction of sp³-hybridized carbons (Fsp3) is 0.483. The SMILES string of the molecule is CCOc1ccccc1NC(=O)OCCN(CC)CCCCN(C(=O)C(F)(F)F)c1cc(OC)c(C(C)=O)cc1C. The summed E-state index contributed by atoms with van der Waals surface area (Å²) in [5, 5.41) is 2.65. The van der Waals surface area contributed by atoms with Gasteiger partial charge in [0.15, 0.2) is 5.78 Å². The van der Waals surface area contributed by atoms with Crippen molar-refractivity contribution < 1.29 is 41.8 Å². The molecule has 0 saturated carbocycles. The molecule has 0 atom stereocenters. The Balaban J connectivity index is 1.95. The maximum atomic E-state index is 13.5. The highest BCUT2D eigenvalue weighted by Crippen LogP contribution is 2.33. The highest BCUT2D eigenvalue weighted by molar-refractivity contribution is 6.01. The molecule has 0 heterocycles. The number of ether oxygens (including phenoxy) is 3. The quantitative estimate of drug-likeness (QED) is 0.208. The number of Topliss-reactive ketones (excluding diaryl/α,β-unsaturated/α-hetero) is 1. The van der Waals surface area contributed by atoms with E-state index in [4.69, 9.17) is 14.2 Å². The van der Waals surface area contributed by atoms with Gasteiger partial charge in [-0.3, -0.25) is 14.9 Å². The standard InChI is InChI=1S/C29H38F3N3O6/c1-6-34(16-17-41-28(38)33-23-12-8-9-13-25(23)40-7-2)14-10-11-15-35(27(37)29(30,31)32)24-19-26(39-5)22(21(4)36)18-20(24)3/h8-9,12-13,18-19H,6-7,10-11,14-17H2,1-5H3,(H,33,38). The lowest BCUT2D eigenvalue weighted by molar-refractivity contribution is -0.170. The van der Waals surface area contributed by atoms with Crippen molar-refractivity contribution in [3.63, 3.8) is 0 Å². The van der Waals surface area contributed by atoms with Gasteiger partial charge < -0.3 is 24.0 Å². The lowest BCUT2D eigenvalue weighted by Crippen LogP contribution is -2.42. The first-order valence-corrected chi connectivity index (χ1v) is 13.4. The number of alkyl halides is 3. The second-order valence-corrected chi connectivity index (χ2v) is 9.18. The molecule has 0 aromatic heterocycles. The number of nitrogens with zero attached hydrogens (tertiary/aromatic N) is 2. The Labute approximate surface area is 238 Å². The number of aryl methyl sites for hydroxylation is 1. The molecule has 0 aliphatic carbocycles. The van der Waals surface area contributed by atoms with Crippen LogP contribution in [-0.4, -0.2) is 75.4 Å².